The van der Waals surface area contributed by atoms with Gasteiger partial charge in [0.25, 0.3) is 0 Å². The van der Waals surface area contributed by atoms with Crippen LogP contribution >= 0.6 is 11.6 Å². The first-order chi connectivity index (χ1) is 13.2. The second-order valence-corrected chi connectivity index (χ2v) is 7.13. The maximum Gasteiger partial charge on any atom is 0.191 e. The second-order valence-electron chi connectivity index (χ2n) is 6.73. The predicted molar refractivity (Wildman–Crippen MR) is 111 cm³/mol. The molecule has 2 aromatic carbocycles. The third-order valence-corrected chi connectivity index (χ3v) is 5.23. The zero-order valence-corrected chi connectivity index (χ0v) is 16.3. The van der Waals surface area contributed by atoms with Crippen molar-refractivity contribution in [3.63, 3.8) is 0 Å². The molecule has 1 aliphatic rings. The first kappa shape index (κ1) is 19.5. The van der Waals surface area contributed by atoms with Gasteiger partial charge in [-0.1, -0.05) is 35.9 Å². The summed E-state index contributed by atoms with van der Waals surface area (Å²) < 4.78 is 13.1. The van der Waals surface area contributed by atoms with Crippen LogP contribution in [0.3, 0.4) is 0 Å². The van der Waals surface area contributed by atoms with E-state index >= 15 is 0 Å². The topological polar surface area (TPSA) is 39.7 Å². The van der Waals surface area contributed by atoms with Gasteiger partial charge < -0.3 is 15.5 Å². The molecule has 0 spiro atoms. The van der Waals surface area contributed by atoms with E-state index in [0.29, 0.717) is 24.0 Å². The van der Waals surface area contributed by atoms with Gasteiger partial charge >= 0.3 is 0 Å². The standard InChI is InChI=1S/C21H26ClFN4/c1-24-21(25-12-9-16-7-8-17(23)15-20(16)22)26-18-10-13-27(14-11-18)19-5-3-2-4-6-19/h2-8,15,18H,9-14H2,1H3,(H2,24,25,26). The average Bonchev–Trinajstić information content (AvgIpc) is 2.70. The average molecular weight is 389 g/mol. The number of halogens is 2. The lowest BCUT2D eigenvalue weighted by Crippen LogP contribution is -2.49. The Morgan fingerprint density at radius 2 is 1.93 bits per heavy atom. The van der Waals surface area contributed by atoms with E-state index in [9.17, 15) is 4.39 Å². The van der Waals surface area contributed by atoms with Crippen LogP contribution in [0, 0.1) is 5.82 Å². The van der Waals surface area contributed by atoms with E-state index in [0.717, 1.165) is 37.5 Å². The van der Waals surface area contributed by atoms with Crippen LogP contribution < -0.4 is 15.5 Å². The Labute approximate surface area is 165 Å². The van der Waals surface area contributed by atoms with E-state index in [1.54, 1.807) is 13.1 Å². The molecular formula is C21H26ClFN4. The zero-order valence-electron chi connectivity index (χ0n) is 15.6. The minimum absolute atomic E-state index is 0.309. The van der Waals surface area contributed by atoms with Gasteiger partial charge in [0, 0.05) is 43.4 Å². The fourth-order valence-corrected chi connectivity index (χ4v) is 3.61. The fourth-order valence-electron chi connectivity index (χ4n) is 3.35. The van der Waals surface area contributed by atoms with E-state index in [1.165, 1.54) is 17.8 Å². The van der Waals surface area contributed by atoms with Crippen LogP contribution in [-0.4, -0.2) is 38.7 Å². The number of guanidine groups is 1. The lowest BCUT2D eigenvalue weighted by molar-refractivity contribution is 0.461. The number of nitrogens with one attached hydrogen (secondary N) is 2. The van der Waals surface area contributed by atoms with Gasteiger partial charge in [0.15, 0.2) is 5.96 Å². The molecule has 1 saturated heterocycles. The minimum Gasteiger partial charge on any atom is -0.371 e. The van der Waals surface area contributed by atoms with Crippen LogP contribution in [0.2, 0.25) is 5.02 Å². The van der Waals surface area contributed by atoms with Crippen molar-refractivity contribution in [1.82, 2.24) is 10.6 Å². The Morgan fingerprint density at radius 1 is 1.19 bits per heavy atom. The molecule has 0 aliphatic carbocycles. The SMILES string of the molecule is CN=C(NCCc1ccc(F)cc1Cl)NC1CCN(c2ccccc2)CC1. The predicted octanol–water partition coefficient (Wildman–Crippen LogP) is 3.86. The molecule has 2 aromatic rings. The fraction of sp³-hybridized carbons (Fsp3) is 0.381. The summed E-state index contributed by atoms with van der Waals surface area (Å²) in [5.41, 5.74) is 2.21. The van der Waals surface area contributed by atoms with Crippen LogP contribution in [0.4, 0.5) is 10.1 Å². The Hall–Kier alpha value is -2.27. The van der Waals surface area contributed by atoms with Crippen molar-refractivity contribution in [3.05, 3.63) is 64.9 Å². The lowest BCUT2D eigenvalue weighted by atomic mass is 10.0. The highest BCUT2D eigenvalue weighted by molar-refractivity contribution is 6.31. The van der Waals surface area contributed by atoms with Crippen LogP contribution in [0.5, 0.6) is 0 Å². The largest absolute Gasteiger partial charge is 0.371 e. The third-order valence-electron chi connectivity index (χ3n) is 4.88. The summed E-state index contributed by atoms with van der Waals surface area (Å²) >= 11 is 6.08. The summed E-state index contributed by atoms with van der Waals surface area (Å²) in [5.74, 6) is 0.488. The van der Waals surface area contributed by atoms with Crippen molar-refractivity contribution in [3.8, 4) is 0 Å². The van der Waals surface area contributed by atoms with Gasteiger partial charge in [-0.3, -0.25) is 4.99 Å². The molecule has 0 atom stereocenters. The number of benzene rings is 2. The summed E-state index contributed by atoms with van der Waals surface area (Å²) in [5, 5.41) is 7.30. The molecule has 3 rings (SSSR count). The number of para-hydroxylation sites is 1. The molecule has 0 amide bonds. The maximum atomic E-state index is 13.1. The van der Waals surface area contributed by atoms with Crippen molar-refractivity contribution in [1.29, 1.82) is 0 Å². The highest BCUT2D eigenvalue weighted by atomic mass is 35.5. The third kappa shape index (κ3) is 5.60. The molecule has 0 bridgehead atoms. The van der Waals surface area contributed by atoms with E-state index in [2.05, 4.69) is 44.8 Å². The van der Waals surface area contributed by atoms with Gasteiger partial charge in [0.1, 0.15) is 5.82 Å². The van der Waals surface area contributed by atoms with Gasteiger partial charge in [0.2, 0.25) is 0 Å². The molecule has 1 fully saturated rings. The molecule has 0 aromatic heterocycles. The van der Waals surface area contributed by atoms with E-state index in [4.69, 9.17) is 11.6 Å². The zero-order chi connectivity index (χ0) is 19.1. The number of rotatable bonds is 5. The summed E-state index contributed by atoms with van der Waals surface area (Å²) in [6.07, 6.45) is 2.85. The summed E-state index contributed by atoms with van der Waals surface area (Å²) in [7, 11) is 1.78. The molecule has 144 valence electrons. The number of hydrogen-bond donors (Lipinski definition) is 2. The number of hydrogen-bond acceptors (Lipinski definition) is 2. The summed E-state index contributed by atoms with van der Waals surface area (Å²) in [4.78, 5) is 6.74. The highest BCUT2D eigenvalue weighted by Crippen LogP contribution is 2.19. The van der Waals surface area contributed by atoms with Crippen molar-refractivity contribution in [2.75, 3.05) is 31.6 Å². The number of nitrogens with zero attached hydrogens (tertiary/aromatic N) is 2. The molecule has 6 heteroatoms. The van der Waals surface area contributed by atoms with Crippen LogP contribution in [0.15, 0.2) is 53.5 Å². The number of anilines is 1. The van der Waals surface area contributed by atoms with Gasteiger partial charge in [0.05, 0.1) is 0 Å². The normalized spacial score (nSPS) is 15.7. The molecule has 0 radical (unpaired) electrons. The van der Waals surface area contributed by atoms with Gasteiger partial charge in [-0.2, -0.15) is 0 Å². The van der Waals surface area contributed by atoms with Gasteiger partial charge in [-0.15, -0.1) is 0 Å². The van der Waals surface area contributed by atoms with Crippen LogP contribution in [0.1, 0.15) is 18.4 Å². The molecule has 1 aliphatic heterocycles. The number of aliphatic imine (C=N–C) groups is 1. The van der Waals surface area contributed by atoms with E-state index in [-0.39, 0.29) is 5.82 Å². The van der Waals surface area contributed by atoms with Crippen molar-refractivity contribution >= 4 is 23.2 Å². The Bertz CT molecular complexity index is 758. The van der Waals surface area contributed by atoms with Crippen molar-refractivity contribution < 1.29 is 4.39 Å². The van der Waals surface area contributed by atoms with Crippen molar-refractivity contribution in [2.24, 2.45) is 4.99 Å². The molecule has 4 nitrogen and oxygen atoms in total. The highest BCUT2D eigenvalue weighted by Gasteiger charge is 2.20. The van der Waals surface area contributed by atoms with Crippen LogP contribution in [-0.2, 0) is 6.42 Å². The smallest absolute Gasteiger partial charge is 0.191 e. The minimum atomic E-state index is -0.309. The maximum absolute atomic E-state index is 13.1. The Kier molecular flexibility index (Phi) is 6.93. The molecule has 0 saturated carbocycles. The van der Waals surface area contributed by atoms with E-state index in [1.807, 2.05) is 6.07 Å². The second kappa shape index (κ2) is 9.60. The number of piperidine rings is 1. The van der Waals surface area contributed by atoms with Gasteiger partial charge in [-0.25, -0.2) is 4.39 Å². The molecule has 2 N–H and O–H groups in total. The first-order valence-electron chi connectivity index (χ1n) is 9.37. The lowest BCUT2D eigenvalue weighted by Gasteiger charge is -2.34. The monoisotopic (exact) mass is 388 g/mol. The van der Waals surface area contributed by atoms with Crippen LogP contribution in [0.25, 0.3) is 0 Å². The molecule has 0 unspecified atom stereocenters. The molecular weight excluding hydrogens is 363 g/mol. The van der Waals surface area contributed by atoms with Gasteiger partial charge in [-0.05, 0) is 49.1 Å². The summed E-state index contributed by atoms with van der Waals surface area (Å²) in [6.45, 7) is 2.75. The molecule has 1 heterocycles. The molecule has 27 heavy (non-hydrogen) atoms. The summed E-state index contributed by atoms with van der Waals surface area (Å²) in [6, 6.07) is 15.5. The quantitative estimate of drug-likeness (QED) is 0.603. The van der Waals surface area contributed by atoms with E-state index < -0.39 is 0 Å². The first-order valence-corrected chi connectivity index (χ1v) is 9.74. The van der Waals surface area contributed by atoms with Crippen molar-refractivity contribution in [2.45, 2.75) is 25.3 Å². The Balaban J connectivity index is 1.43. The Morgan fingerprint density at radius 3 is 2.59 bits per heavy atom.